The number of carbonyl (C=O) groups is 1. The third-order valence-corrected chi connectivity index (χ3v) is 4.05. The fourth-order valence-electron chi connectivity index (χ4n) is 2.06. The van der Waals surface area contributed by atoms with Crippen LogP contribution in [0.15, 0.2) is 35.0 Å². The molecule has 2 rings (SSSR count). The Labute approximate surface area is 140 Å². The van der Waals surface area contributed by atoms with E-state index in [0.717, 1.165) is 5.56 Å². The fraction of sp³-hybridized carbons (Fsp3) is 0.353. The minimum atomic E-state index is -0.135. The molecule has 1 atom stereocenters. The summed E-state index contributed by atoms with van der Waals surface area (Å²) in [6, 6.07) is 7.31. The standard InChI is InChI=1S/C17H21NO4S/c1-12(18-17(19)14-6-9-23-11-14)13-4-5-15(16(10-13)21-3)22-8-7-20-2/h4-6,9-12H,7-8H2,1-3H3,(H,18,19). The molecule has 1 N–H and O–H groups in total. The van der Waals surface area contributed by atoms with Crippen molar-refractivity contribution in [1.82, 2.24) is 5.32 Å². The van der Waals surface area contributed by atoms with E-state index >= 15 is 0 Å². The largest absolute Gasteiger partial charge is 0.493 e. The van der Waals surface area contributed by atoms with Crippen molar-refractivity contribution in [2.24, 2.45) is 0 Å². The summed E-state index contributed by atoms with van der Waals surface area (Å²) in [5.41, 5.74) is 1.62. The molecule has 1 unspecified atom stereocenters. The van der Waals surface area contributed by atoms with E-state index in [-0.39, 0.29) is 11.9 Å². The summed E-state index contributed by atoms with van der Waals surface area (Å²) in [4.78, 5) is 12.1. The third-order valence-electron chi connectivity index (χ3n) is 3.36. The van der Waals surface area contributed by atoms with E-state index < -0.39 is 0 Å². The number of amides is 1. The van der Waals surface area contributed by atoms with Crippen molar-refractivity contribution in [1.29, 1.82) is 0 Å². The van der Waals surface area contributed by atoms with Gasteiger partial charge in [-0.3, -0.25) is 4.79 Å². The number of thiophene rings is 1. The van der Waals surface area contributed by atoms with Gasteiger partial charge in [0, 0.05) is 12.5 Å². The molecule has 1 aromatic heterocycles. The third kappa shape index (κ3) is 4.71. The topological polar surface area (TPSA) is 56.8 Å². The van der Waals surface area contributed by atoms with Crippen molar-refractivity contribution in [3.63, 3.8) is 0 Å². The van der Waals surface area contributed by atoms with Crippen LogP contribution in [0.4, 0.5) is 0 Å². The van der Waals surface area contributed by atoms with Gasteiger partial charge in [0.05, 0.1) is 25.3 Å². The minimum absolute atomic E-state index is 0.0851. The van der Waals surface area contributed by atoms with Crippen molar-refractivity contribution < 1.29 is 19.0 Å². The maximum absolute atomic E-state index is 12.1. The van der Waals surface area contributed by atoms with Gasteiger partial charge in [0.15, 0.2) is 11.5 Å². The Morgan fingerprint density at radius 2 is 2.04 bits per heavy atom. The van der Waals surface area contributed by atoms with Gasteiger partial charge in [-0.05, 0) is 36.1 Å². The number of hydrogen-bond acceptors (Lipinski definition) is 5. The van der Waals surface area contributed by atoms with Crippen LogP contribution in [-0.4, -0.2) is 33.3 Å². The smallest absolute Gasteiger partial charge is 0.252 e. The van der Waals surface area contributed by atoms with Crippen LogP contribution >= 0.6 is 11.3 Å². The lowest BCUT2D eigenvalue weighted by Gasteiger charge is -2.17. The van der Waals surface area contributed by atoms with Gasteiger partial charge in [0.2, 0.25) is 0 Å². The average Bonchev–Trinajstić information content (AvgIpc) is 3.09. The molecule has 0 bridgehead atoms. The first kappa shape index (κ1) is 17.3. The van der Waals surface area contributed by atoms with E-state index in [1.54, 1.807) is 20.3 Å². The van der Waals surface area contributed by atoms with Gasteiger partial charge in [0.1, 0.15) is 6.61 Å². The first-order valence-corrected chi connectivity index (χ1v) is 8.22. The van der Waals surface area contributed by atoms with Gasteiger partial charge in [-0.1, -0.05) is 6.07 Å². The first-order valence-electron chi connectivity index (χ1n) is 7.28. The number of benzene rings is 1. The predicted octanol–water partition coefficient (Wildman–Crippen LogP) is 3.27. The molecular weight excluding hydrogens is 314 g/mol. The zero-order valence-corrected chi connectivity index (χ0v) is 14.3. The summed E-state index contributed by atoms with van der Waals surface area (Å²) in [5, 5.41) is 6.69. The molecule has 1 aromatic carbocycles. The Bertz CT molecular complexity index is 628. The highest BCUT2D eigenvalue weighted by molar-refractivity contribution is 7.08. The average molecular weight is 335 g/mol. The van der Waals surface area contributed by atoms with Crippen LogP contribution in [0.5, 0.6) is 11.5 Å². The predicted molar refractivity (Wildman–Crippen MR) is 90.6 cm³/mol. The van der Waals surface area contributed by atoms with Gasteiger partial charge in [-0.25, -0.2) is 0 Å². The van der Waals surface area contributed by atoms with Gasteiger partial charge in [-0.15, -0.1) is 0 Å². The minimum Gasteiger partial charge on any atom is -0.493 e. The molecule has 0 spiro atoms. The summed E-state index contributed by atoms with van der Waals surface area (Å²) in [6.07, 6.45) is 0. The van der Waals surface area contributed by atoms with Gasteiger partial charge in [0.25, 0.3) is 5.91 Å². The van der Waals surface area contributed by atoms with Crippen LogP contribution in [0.3, 0.4) is 0 Å². The molecule has 0 aliphatic rings. The number of hydrogen-bond donors (Lipinski definition) is 1. The van der Waals surface area contributed by atoms with Crippen molar-refractivity contribution in [3.05, 3.63) is 46.2 Å². The molecule has 0 aliphatic carbocycles. The molecule has 0 fully saturated rings. The second-order valence-corrected chi connectivity index (χ2v) is 5.74. The molecule has 1 heterocycles. The number of methoxy groups -OCH3 is 2. The van der Waals surface area contributed by atoms with Gasteiger partial charge in [-0.2, -0.15) is 11.3 Å². The Morgan fingerprint density at radius 1 is 1.22 bits per heavy atom. The van der Waals surface area contributed by atoms with E-state index in [9.17, 15) is 4.79 Å². The molecule has 23 heavy (non-hydrogen) atoms. The zero-order chi connectivity index (χ0) is 16.7. The molecule has 0 saturated heterocycles. The molecule has 124 valence electrons. The monoisotopic (exact) mass is 335 g/mol. The van der Waals surface area contributed by atoms with Crippen LogP contribution in [0, 0.1) is 0 Å². The summed E-state index contributed by atoms with van der Waals surface area (Å²) in [7, 11) is 3.22. The van der Waals surface area contributed by atoms with Gasteiger partial charge >= 0.3 is 0 Å². The Morgan fingerprint density at radius 3 is 2.70 bits per heavy atom. The maximum atomic E-state index is 12.1. The highest BCUT2D eigenvalue weighted by Crippen LogP contribution is 2.30. The fourth-order valence-corrected chi connectivity index (χ4v) is 2.70. The van der Waals surface area contributed by atoms with E-state index in [1.807, 2.05) is 35.9 Å². The zero-order valence-electron chi connectivity index (χ0n) is 13.5. The van der Waals surface area contributed by atoms with Crippen molar-refractivity contribution >= 4 is 17.2 Å². The lowest BCUT2D eigenvalue weighted by atomic mass is 10.1. The Kier molecular flexibility index (Phi) is 6.43. The molecule has 2 aromatic rings. The lowest BCUT2D eigenvalue weighted by molar-refractivity contribution is 0.0940. The number of rotatable bonds is 8. The first-order chi connectivity index (χ1) is 11.2. The van der Waals surface area contributed by atoms with E-state index in [4.69, 9.17) is 14.2 Å². The summed E-state index contributed by atoms with van der Waals surface area (Å²) < 4.78 is 15.9. The Balaban J connectivity index is 2.05. The maximum Gasteiger partial charge on any atom is 0.252 e. The molecular formula is C17H21NO4S. The van der Waals surface area contributed by atoms with Crippen LogP contribution in [0.25, 0.3) is 0 Å². The molecule has 0 aliphatic heterocycles. The molecule has 1 amide bonds. The van der Waals surface area contributed by atoms with E-state index in [1.165, 1.54) is 11.3 Å². The summed E-state index contributed by atoms with van der Waals surface area (Å²) >= 11 is 1.50. The van der Waals surface area contributed by atoms with Crippen LogP contribution in [0.2, 0.25) is 0 Å². The summed E-state index contributed by atoms with van der Waals surface area (Å²) in [6.45, 7) is 2.90. The number of carbonyl (C=O) groups excluding carboxylic acids is 1. The molecule has 0 saturated carbocycles. The van der Waals surface area contributed by atoms with Crippen LogP contribution in [-0.2, 0) is 4.74 Å². The summed E-state index contributed by atoms with van der Waals surface area (Å²) in [5.74, 6) is 1.21. The second-order valence-electron chi connectivity index (χ2n) is 4.96. The van der Waals surface area contributed by atoms with Crippen LogP contribution < -0.4 is 14.8 Å². The number of nitrogens with one attached hydrogen (secondary N) is 1. The number of ether oxygens (including phenoxy) is 3. The van der Waals surface area contributed by atoms with E-state index in [2.05, 4.69) is 5.32 Å². The van der Waals surface area contributed by atoms with Crippen molar-refractivity contribution in [2.75, 3.05) is 27.4 Å². The van der Waals surface area contributed by atoms with Crippen LogP contribution in [0.1, 0.15) is 28.9 Å². The van der Waals surface area contributed by atoms with Gasteiger partial charge < -0.3 is 19.5 Å². The lowest BCUT2D eigenvalue weighted by Crippen LogP contribution is -2.26. The Hall–Kier alpha value is -2.05. The second kappa shape index (κ2) is 8.55. The molecule has 5 nitrogen and oxygen atoms in total. The quantitative estimate of drug-likeness (QED) is 0.752. The highest BCUT2D eigenvalue weighted by atomic mass is 32.1. The molecule has 6 heteroatoms. The normalized spacial score (nSPS) is 11.8. The molecule has 0 radical (unpaired) electrons. The SMILES string of the molecule is COCCOc1ccc(C(C)NC(=O)c2ccsc2)cc1OC. The van der Waals surface area contributed by atoms with E-state index in [0.29, 0.717) is 30.3 Å². The van der Waals surface area contributed by atoms with Crippen molar-refractivity contribution in [3.8, 4) is 11.5 Å². The highest BCUT2D eigenvalue weighted by Gasteiger charge is 2.14. The van der Waals surface area contributed by atoms with Crippen molar-refractivity contribution in [2.45, 2.75) is 13.0 Å².